The van der Waals surface area contributed by atoms with Crippen molar-refractivity contribution in [1.29, 1.82) is 0 Å². The molecule has 0 aliphatic carbocycles. The summed E-state index contributed by atoms with van der Waals surface area (Å²) in [6, 6.07) is 5.40. The lowest BCUT2D eigenvalue weighted by Crippen LogP contribution is -2.36. The Morgan fingerprint density at radius 1 is 1.55 bits per heavy atom. The van der Waals surface area contributed by atoms with E-state index in [-0.39, 0.29) is 5.69 Å². The summed E-state index contributed by atoms with van der Waals surface area (Å²) in [6.07, 6.45) is 0.664. The number of nitro benzene ring substituents is 1. The third-order valence-electron chi connectivity index (χ3n) is 2.51. The van der Waals surface area contributed by atoms with Gasteiger partial charge in [-0.05, 0) is 17.7 Å². The predicted octanol–water partition coefficient (Wildman–Crippen LogP) is 1.42. The van der Waals surface area contributed by atoms with Crippen molar-refractivity contribution in [3.8, 4) is 0 Å². The number of hydrogen-bond donors (Lipinski definition) is 2. The second-order valence-electron chi connectivity index (χ2n) is 3.94. The van der Waals surface area contributed by atoms with Crippen molar-refractivity contribution < 1.29 is 19.6 Å². The number of benzene rings is 1. The van der Waals surface area contributed by atoms with Gasteiger partial charge < -0.3 is 10.4 Å². The Hall–Kier alpha value is -2.09. The van der Waals surface area contributed by atoms with Gasteiger partial charge in [0.2, 0.25) is 6.41 Å². The molecule has 1 aromatic rings. The normalized spacial score (nSPS) is 11.6. The number of carbonyl (C=O) groups excluding carboxylic acids is 1. The summed E-state index contributed by atoms with van der Waals surface area (Å²) >= 11 is 1.46. The number of rotatable bonds is 9. The van der Waals surface area contributed by atoms with Crippen LogP contribution in [0.25, 0.3) is 0 Å². The number of amides is 1. The average molecular weight is 298 g/mol. The molecule has 1 unspecified atom stereocenters. The van der Waals surface area contributed by atoms with Gasteiger partial charge in [0, 0.05) is 17.9 Å². The molecule has 0 aliphatic heterocycles. The molecule has 1 atom stereocenters. The van der Waals surface area contributed by atoms with Crippen LogP contribution in [0.5, 0.6) is 0 Å². The number of aliphatic carboxylic acids is 1. The fourth-order valence-corrected chi connectivity index (χ4v) is 2.47. The number of carboxylic acid groups (broad SMARTS) is 1. The highest BCUT2D eigenvalue weighted by atomic mass is 32.2. The van der Waals surface area contributed by atoms with Crippen LogP contribution in [-0.2, 0) is 15.3 Å². The Kier molecular flexibility index (Phi) is 6.51. The number of nitrogens with zero attached hydrogens (tertiary/aromatic N) is 1. The van der Waals surface area contributed by atoms with Crippen LogP contribution in [0.3, 0.4) is 0 Å². The maximum Gasteiger partial charge on any atom is 0.326 e. The van der Waals surface area contributed by atoms with E-state index in [4.69, 9.17) is 5.11 Å². The maximum atomic E-state index is 10.8. The molecular formula is C12H14N2O5S. The molecule has 20 heavy (non-hydrogen) atoms. The van der Waals surface area contributed by atoms with E-state index in [1.165, 1.54) is 23.9 Å². The quantitative estimate of drug-likeness (QED) is 0.309. The number of nitro groups is 1. The molecule has 0 heterocycles. The van der Waals surface area contributed by atoms with Crippen LogP contribution in [0, 0.1) is 10.1 Å². The molecule has 0 spiro atoms. The van der Waals surface area contributed by atoms with E-state index in [0.717, 1.165) is 5.56 Å². The van der Waals surface area contributed by atoms with Crippen molar-refractivity contribution in [2.45, 2.75) is 18.2 Å². The highest BCUT2D eigenvalue weighted by Gasteiger charge is 2.15. The van der Waals surface area contributed by atoms with Gasteiger partial charge in [-0.15, -0.1) is 0 Å². The second kappa shape index (κ2) is 8.16. The smallest absolute Gasteiger partial charge is 0.326 e. The van der Waals surface area contributed by atoms with Gasteiger partial charge in [0.05, 0.1) is 4.92 Å². The first-order chi connectivity index (χ1) is 9.54. The Bertz CT molecular complexity index is 494. The summed E-state index contributed by atoms with van der Waals surface area (Å²) in [5.74, 6) is 0.00309. The van der Waals surface area contributed by atoms with Crippen molar-refractivity contribution >= 4 is 29.8 Å². The molecule has 0 bridgehead atoms. The van der Waals surface area contributed by atoms with Gasteiger partial charge in [-0.3, -0.25) is 14.9 Å². The summed E-state index contributed by atoms with van der Waals surface area (Å²) in [5.41, 5.74) is 0.841. The number of carbonyl (C=O) groups is 2. The maximum absolute atomic E-state index is 10.8. The summed E-state index contributed by atoms with van der Waals surface area (Å²) in [6.45, 7) is 0. The fourth-order valence-electron chi connectivity index (χ4n) is 1.51. The van der Waals surface area contributed by atoms with E-state index in [2.05, 4.69) is 5.32 Å². The van der Waals surface area contributed by atoms with E-state index in [9.17, 15) is 19.7 Å². The molecule has 0 aromatic heterocycles. The Morgan fingerprint density at radius 2 is 2.30 bits per heavy atom. The zero-order valence-corrected chi connectivity index (χ0v) is 11.3. The lowest BCUT2D eigenvalue weighted by molar-refractivity contribution is -0.384. The van der Waals surface area contributed by atoms with Gasteiger partial charge in [-0.2, -0.15) is 11.8 Å². The van der Waals surface area contributed by atoms with Crippen molar-refractivity contribution in [2.24, 2.45) is 0 Å². The first-order valence-electron chi connectivity index (χ1n) is 5.78. The van der Waals surface area contributed by atoms with E-state index < -0.39 is 16.9 Å². The molecule has 108 valence electrons. The second-order valence-corrected chi connectivity index (χ2v) is 5.05. The molecule has 0 fully saturated rings. The summed E-state index contributed by atoms with van der Waals surface area (Å²) < 4.78 is 0. The zero-order valence-electron chi connectivity index (χ0n) is 10.5. The topological polar surface area (TPSA) is 110 Å². The lowest BCUT2D eigenvalue weighted by atomic mass is 10.2. The Labute approximate surface area is 119 Å². The predicted molar refractivity (Wildman–Crippen MR) is 74.5 cm³/mol. The standard InChI is InChI=1S/C12H14N2O5S/c15-8-13-11(12(16)17)4-5-20-7-9-2-1-3-10(6-9)14(18)19/h1-3,6,8,11H,4-5,7H2,(H,13,15)(H,16,17). The van der Waals surface area contributed by atoms with E-state index in [0.29, 0.717) is 24.3 Å². The minimum absolute atomic E-state index is 0.0362. The van der Waals surface area contributed by atoms with Gasteiger partial charge in [-0.1, -0.05) is 12.1 Å². The summed E-state index contributed by atoms with van der Waals surface area (Å²) in [5, 5.41) is 21.6. The number of nitrogens with one attached hydrogen (secondary N) is 1. The van der Waals surface area contributed by atoms with Crippen molar-refractivity contribution in [3.05, 3.63) is 39.9 Å². The fraction of sp³-hybridized carbons (Fsp3) is 0.333. The van der Waals surface area contributed by atoms with Gasteiger partial charge in [0.1, 0.15) is 6.04 Å². The highest BCUT2D eigenvalue weighted by Crippen LogP contribution is 2.18. The molecule has 0 radical (unpaired) electrons. The lowest BCUT2D eigenvalue weighted by Gasteiger charge is -2.10. The molecule has 0 aliphatic rings. The van der Waals surface area contributed by atoms with Crippen LogP contribution in [0.1, 0.15) is 12.0 Å². The molecule has 0 saturated carbocycles. The van der Waals surface area contributed by atoms with Gasteiger partial charge >= 0.3 is 5.97 Å². The SMILES string of the molecule is O=CNC(CCSCc1cccc([N+](=O)[O-])c1)C(=O)O. The van der Waals surface area contributed by atoms with Crippen LogP contribution in [0.15, 0.2) is 24.3 Å². The summed E-state index contributed by atoms with van der Waals surface area (Å²) in [7, 11) is 0. The molecule has 1 aromatic carbocycles. The van der Waals surface area contributed by atoms with Crippen molar-refractivity contribution in [2.75, 3.05) is 5.75 Å². The number of thioether (sulfide) groups is 1. The Morgan fingerprint density at radius 3 is 2.90 bits per heavy atom. The first-order valence-corrected chi connectivity index (χ1v) is 6.93. The molecule has 7 nitrogen and oxygen atoms in total. The minimum atomic E-state index is -1.08. The summed E-state index contributed by atoms with van der Waals surface area (Å²) in [4.78, 5) is 31.2. The van der Waals surface area contributed by atoms with E-state index in [1.54, 1.807) is 12.1 Å². The van der Waals surface area contributed by atoms with Gasteiger partial charge in [0.15, 0.2) is 0 Å². The van der Waals surface area contributed by atoms with Crippen LogP contribution >= 0.6 is 11.8 Å². The monoisotopic (exact) mass is 298 g/mol. The van der Waals surface area contributed by atoms with Gasteiger partial charge in [0.25, 0.3) is 5.69 Å². The molecular weight excluding hydrogens is 284 g/mol. The molecule has 0 saturated heterocycles. The molecule has 1 amide bonds. The van der Waals surface area contributed by atoms with Gasteiger partial charge in [-0.25, -0.2) is 4.79 Å². The number of hydrogen-bond acceptors (Lipinski definition) is 5. The highest BCUT2D eigenvalue weighted by molar-refractivity contribution is 7.98. The third kappa shape index (κ3) is 5.27. The van der Waals surface area contributed by atoms with Crippen LogP contribution < -0.4 is 5.32 Å². The minimum Gasteiger partial charge on any atom is -0.480 e. The number of non-ortho nitro benzene ring substituents is 1. The van der Waals surface area contributed by atoms with Crippen LogP contribution in [-0.4, -0.2) is 34.2 Å². The largest absolute Gasteiger partial charge is 0.480 e. The van der Waals surface area contributed by atoms with Crippen molar-refractivity contribution in [1.82, 2.24) is 5.32 Å². The molecule has 2 N–H and O–H groups in total. The first kappa shape index (κ1) is 16.0. The zero-order chi connectivity index (χ0) is 15.0. The van der Waals surface area contributed by atoms with E-state index >= 15 is 0 Å². The number of carboxylic acids is 1. The van der Waals surface area contributed by atoms with Crippen LogP contribution in [0.2, 0.25) is 0 Å². The molecule has 8 heteroatoms. The van der Waals surface area contributed by atoms with Crippen LogP contribution in [0.4, 0.5) is 5.69 Å². The average Bonchev–Trinajstić information content (AvgIpc) is 2.42. The molecule has 1 rings (SSSR count). The Balaban J connectivity index is 2.40. The van der Waals surface area contributed by atoms with Crippen molar-refractivity contribution in [3.63, 3.8) is 0 Å². The van der Waals surface area contributed by atoms with E-state index in [1.807, 2.05) is 0 Å². The third-order valence-corrected chi connectivity index (χ3v) is 3.57.